The summed E-state index contributed by atoms with van der Waals surface area (Å²) in [5.74, 6) is -0.537. The fraction of sp³-hybridized carbons (Fsp3) is 0.333. The molecule has 0 aliphatic carbocycles. The van der Waals surface area contributed by atoms with Crippen molar-refractivity contribution in [3.8, 4) is 5.75 Å². The summed E-state index contributed by atoms with van der Waals surface area (Å²) in [6.07, 6.45) is 0. The van der Waals surface area contributed by atoms with E-state index in [1.54, 1.807) is 43.3 Å². The van der Waals surface area contributed by atoms with Gasteiger partial charge in [-0.2, -0.15) is 0 Å². The second kappa shape index (κ2) is 12.8. The van der Waals surface area contributed by atoms with Crippen LogP contribution in [0.4, 0.5) is 5.69 Å². The third-order valence-electron chi connectivity index (χ3n) is 6.28. The quantitative estimate of drug-likeness (QED) is 0.380. The maximum absolute atomic E-state index is 14.0. The average Bonchev–Trinajstić information content (AvgIpc) is 2.90. The fourth-order valence-electron chi connectivity index (χ4n) is 4.11. The molecule has 1 unspecified atom stereocenters. The van der Waals surface area contributed by atoms with Gasteiger partial charge in [0.2, 0.25) is 11.8 Å². The van der Waals surface area contributed by atoms with Crippen molar-refractivity contribution in [2.75, 3.05) is 18.0 Å². The molecule has 9 heteroatoms. The summed E-state index contributed by atoms with van der Waals surface area (Å²) >= 11 is 0. The van der Waals surface area contributed by atoms with Gasteiger partial charge >= 0.3 is 0 Å². The van der Waals surface area contributed by atoms with Gasteiger partial charge in [0.15, 0.2) is 0 Å². The summed E-state index contributed by atoms with van der Waals surface area (Å²) in [7, 11) is -2.72. The molecule has 2 amide bonds. The number of methoxy groups -OCH3 is 1. The van der Waals surface area contributed by atoms with Gasteiger partial charge in [-0.25, -0.2) is 8.42 Å². The standard InChI is InChI=1S/C30H37N3O5S/c1-21(2)31-30(35)24(5)32(19-25-15-12-22(3)13-16-25)29(34)20-33(27-18-23(4)14-17-28(27)38-6)39(36,37)26-10-8-7-9-11-26/h7-18,21,24H,19-20H2,1-6H3,(H,31,35). The van der Waals surface area contributed by atoms with Crippen molar-refractivity contribution in [3.63, 3.8) is 0 Å². The van der Waals surface area contributed by atoms with Crippen molar-refractivity contribution in [2.45, 2.75) is 58.1 Å². The minimum absolute atomic E-state index is 0.0389. The highest BCUT2D eigenvalue weighted by molar-refractivity contribution is 7.92. The summed E-state index contributed by atoms with van der Waals surface area (Å²) in [5.41, 5.74) is 2.93. The summed E-state index contributed by atoms with van der Waals surface area (Å²) < 4.78 is 34.4. The number of carbonyl (C=O) groups is 2. The number of amides is 2. The number of anilines is 1. The molecule has 0 saturated carbocycles. The van der Waals surface area contributed by atoms with Gasteiger partial charge in [0.05, 0.1) is 17.7 Å². The Labute approximate surface area is 231 Å². The first kappa shape index (κ1) is 29.7. The molecule has 0 fully saturated rings. The number of carbonyl (C=O) groups excluding carboxylic acids is 2. The van der Waals surface area contributed by atoms with Gasteiger partial charge in [-0.15, -0.1) is 0 Å². The molecule has 0 aromatic heterocycles. The largest absolute Gasteiger partial charge is 0.495 e. The maximum Gasteiger partial charge on any atom is 0.264 e. The maximum atomic E-state index is 14.0. The lowest BCUT2D eigenvalue weighted by Gasteiger charge is -2.32. The molecule has 0 aliphatic heterocycles. The van der Waals surface area contributed by atoms with E-state index in [0.29, 0.717) is 5.75 Å². The number of benzene rings is 3. The molecule has 3 aromatic carbocycles. The highest BCUT2D eigenvalue weighted by atomic mass is 32.2. The summed E-state index contributed by atoms with van der Waals surface area (Å²) in [6, 6.07) is 19.8. The zero-order valence-electron chi connectivity index (χ0n) is 23.3. The molecule has 0 bridgehead atoms. The molecule has 1 N–H and O–H groups in total. The fourth-order valence-corrected chi connectivity index (χ4v) is 5.54. The normalized spacial score (nSPS) is 12.1. The Kier molecular flexibility index (Phi) is 9.75. The number of sulfonamides is 1. The molecule has 0 spiro atoms. The third kappa shape index (κ3) is 7.38. The lowest BCUT2D eigenvalue weighted by molar-refractivity contribution is -0.139. The molecule has 3 aromatic rings. The molecular weight excluding hydrogens is 514 g/mol. The van der Waals surface area contributed by atoms with Crippen LogP contribution < -0.4 is 14.4 Å². The Morgan fingerprint density at radius 1 is 0.897 bits per heavy atom. The minimum Gasteiger partial charge on any atom is -0.495 e. The lowest BCUT2D eigenvalue weighted by Crippen LogP contribution is -2.52. The van der Waals surface area contributed by atoms with E-state index < -0.39 is 28.5 Å². The second-order valence-electron chi connectivity index (χ2n) is 9.85. The summed E-state index contributed by atoms with van der Waals surface area (Å²) in [5, 5.41) is 2.85. The molecule has 0 aliphatic rings. The molecule has 208 valence electrons. The van der Waals surface area contributed by atoms with Crippen molar-refractivity contribution in [2.24, 2.45) is 0 Å². The molecular formula is C30H37N3O5S. The molecule has 39 heavy (non-hydrogen) atoms. The molecule has 1 atom stereocenters. The number of aryl methyl sites for hydroxylation is 2. The molecule has 3 rings (SSSR count). The Morgan fingerprint density at radius 3 is 2.10 bits per heavy atom. The van der Waals surface area contributed by atoms with E-state index in [1.165, 1.54) is 24.1 Å². The van der Waals surface area contributed by atoms with E-state index in [2.05, 4.69) is 5.32 Å². The Bertz CT molecular complexity index is 1390. The van der Waals surface area contributed by atoms with Gasteiger partial charge in [0.1, 0.15) is 18.3 Å². The highest BCUT2D eigenvalue weighted by Crippen LogP contribution is 2.33. The van der Waals surface area contributed by atoms with Crippen LogP contribution in [0.1, 0.15) is 37.5 Å². The van der Waals surface area contributed by atoms with Gasteiger partial charge < -0.3 is 15.0 Å². The topological polar surface area (TPSA) is 96.0 Å². The van der Waals surface area contributed by atoms with Crippen molar-refractivity contribution >= 4 is 27.5 Å². The average molecular weight is 552 g/mol. The van der Waals surface area contributed by atoms with Crippen molar-refractivity contribution in [1.29, 1.82) is 0 Å². The van der Waals surface area contributed by atoms with E-state index in [-0.39, 0.29) is 29.1 Å². The van der Waals surface area contributed by atoms with Crippen LogP contribution in [-0.4, -0.2) is 50.9 Å². The second-order valence-corrected chi connectivity index (χ2v) is 11.7. The highest BCUT2D eigenvalue weighted by Gasteiger charge is 2.34. The SMILES string of the molecule is COc1ccc(C)cc1N(CC(=O)N(Cc1ccc(C)cc1)C(C)C(=O)NC(C)C)S(=O)(=O)c1ccccc1. The van der Waals surface area contributed by atoms with Crippen LogP contribution in [0.15, 0.2) is 77.7 Å². The van der Waals surface area contributed by atoms with Crippen LogP contribution in [0.2, 0.25) is 0 Å². The molecule has 0 saturated heterocycles. The van der Waals surface area contributed by atoms with Crippen molar-refractivity contribution in [3.05, 3.63) is 89.5 Å². The van der Waals surface area contributed by atoms with E-state index in [9.17, 15) is 18.0 Å². The van der Waals surface area contributed by atoms with Crippen molar-refractivity contribution in [1.82, 2.24) is 10.2 Å². The van der Waals surface area contributed by atoms with Gasteiger partial charge in [-0.1, -0.05) is 54.1 Å². The van der Waals surface area contributed by atoms with Crippen LogP contribution >= 0.6 is 0 Å². The zero-order valence-corrected chi connectivity index (χ0v) is 24.2. The molecule has 0 heterocycles. The van der Waals surface area contributed by atoms with Crippen LogP contribution in [0.5, 0.6) is 5.75 Å². The monoisotopic (exact) mass is 551 g/mol. The van der Waals surface area contributed by atoms with Gasteiger partial charge in [0, 0.05) is 12.6 Å². The van der Waals surface area contributed by atoms with Gasteiger partial charge in [-0.3, -0.25) is 13.9 Å². The van der Waals surface area contributed by atoms with Crippen LogP contribution in [0.25, 0.3) is 0 Å². The predicted molar refractivity (Wildman–Crippen MR) is 153 cm³/mol. The first-order chi connectivity index (χ1) is 18.4. The first-order valence-corrected chi connectivity index (χ1v) is 14.3. The molecule has 0 radical (unpaired) electrons. The smallest absolute Gasteiger partial charge is 0.264 e. The Hall–Kier alpha value is -3.85. The lowest BCUT2D eigenvalue weighted by atomic mass is 10.1. The van der Waals surface area contributed by atoms with E-state index in [1.807, 2.05) is 52.0 Å². The molecule has 8 nitrogen and oxygen atoms in total. The zero-order chi connectivity index (χ0) is 28.7. The predicted octanol–water partition coefficient (Wildman–Crippen LogP) is 4.45. The Balaban J connectivity index is 2.08. The van der Waals surface area contributed by atoms with Crippen LogP contribution in [0.3, 0.4) is 0 Å². The number of ether oxygens (including phenoxy) is 1. The van der Waals surface area contributed by atoms with Gasteiger partial charge in [-0.05, 0) is 70.0 Å². The summed E-state index contributed by atoms with van der Waals surface area (Å²) in [4.78, 5) is 28.5. The number of rotatable bonds is 11. The van der Waals surface area contributed by atoms with Crippen LogP contribution in [0, 0.1) is 13.8 Å². The number of hydrogen-bond acceptors (Lipinski definition) is 5. The van der Waals surface area contributed by atoms with Gasteiger partial charge in [0.25, 0.3) is 10.0 Å². The number of hydrogen-bond donors (Lipinski definition) is 1. The number of nitrogens with zero attached hydrogens (tertiary/aromatic N) is 2. The van der Waals surface area contributed by atoms with Crippen LogP contribution in [-0.2, 0) is 26.2 Å². The van der Waals surface area contributed by atoms with E-state index >= 15 is 0 Å². The minimum atomic E-state index is -4.17. The first-order valence-electron chi connectivity index (χ1n) is 12.8. The van der Waals surface area contributed by atoms with E-state index in [4.69, 9.17) is 4.74 Å². The Morgan fingerprint density at radius 2 is 1.51 bits per heavy atom. The summed E-state index contributed by atoms with van der Waals surface area (Å²) in [6.45, 7) is 8.74. The number of nitrogens with one attached hydrogen (secondary N) is 1. The van der Waals surface area contributed by atoms with Crippen molar-refractivity contribution < 1.29 is 22.7 Å². The third-order valence-corrected chi connectivity index (χ3v) is 8.06. The van der Waals surface area contributed by atoms with E-state index in [0.717, 1.165) is 21.0 Å².